The largest absolute Gasteiger partial charge is 0.481 e. The van der Waals surface area contributed by atoms with Crippen LogP contribution in [-0.4, -0.2) is 42.5 Å². The smallest absolute Gasteiger partial charge is 0.316 e. The molecule has 0 spiro atoms. The van der Waals surface area contributed by atoms with E-state index in [0.29, 0.717) is 24.3 Å². The predicted octanol–water partition coefficient (Wildman–Crippen LogP) is -0.724. The van der Waals surface area contributed by atoms with Crippen LogP contribution in [0.3, 0.4) is 0 Å². The first-order valence-electron chi connectivity index (χ1n) is 6.17. The summed E-state index contributed by atoms with van der Waals surface area (Å²) in [5, 5.41) is 11.5. The Morgan fingerprint density at radius 1 is 1.35 bits per heavy atom. The third kappa shape index (κ3) is 2.62. The van der Waals surface area contributed by atoms with Crippen LogP contribution in [0.1, 0.15) is 11.5 Å². The van der Waals surface area contributed by atoms with Gasteiger partial charge in [-0.2, -0.15) is 0 Å². The summed E-state index contributed by atoms with van der Waals surface area (Å²) in [5.74, 6) is -3.01. The van der Waals surface area contributed by atoms with Crippen molar-refractivity contribution in [3.8, 4) is 0 Å². The summed E-state index contributed by atoms with van der Waals surface area (Å²) in [7, 11) is 0. The quantitative estimate of drug-likeness (QED) is 0.628. The van der Waals surface area contributed by atoms with Gasteiger partial charge in [0.1, 0.15) is 0 Å². The second kappa shape index (κ2) is 5.70. The molecule has 1 atom stereocenters. The molecule has 106 valence electrons. The highest BCUT2D eigenvalue weighted by Gasteiger charge is 2.27. The molecule has 0 bridgehead atoms. The molecule has 2 amide bonds. The summed E-state index contributed by atoms with van der Waals surface area (Å²) in [4.78, 5) is 35.4. The van der Waals surface area contributed by atoms with Gasteiger partial charge in [0.05, 0.1) is 5.92 Å². The number of hydrogen-bond donors (Lipinski definition) is 3. The van der Waals surface area contributed by atoms with Crippen molar-refractivity contribution in [1.29, 1.82) is 0 Å². The van der Waals surface area contributed by atoms with E-state index in [9.17, 15) is 14.4 Å². The van der Waals surface area contributed by atoms with Crippen LogP contribution >= 0.6 is 0 Å². The number of hydrogen-bond acceptors (Lipinski definition) is 4. The van der Waals surface area contributed by atoms with Crippen LogP contribution in [0.4, 0.5) is 5.69 Å². The lowest BCUT2D eigenvalue weighted by Gasteiger charge is -2.26. The van der Waals surface area contributed by atoms with Crippen molar-refractivity contribution in [3.05, 3.63) is 29.8 Å². The molecular formula is C13H15N3O4. The van der Waals surface area contributed by atoms with Gasteiger partial charge in [-0.25, -0.2) is 0 Å². The van der Waals surface area contributed by atoms with Crippen molar-refractivity contribution in [2.45, 2.75) is 5.92 Å². The minimum atomic E-state index is -0.992. The van der Waals surface area contributed by atoms with Gasteiger partial charge < -0.3 is 21.1 Å². The molecule has 0 saturated carbocycles. The van der Waals surface area contributed by atoms with Crippen molar-refractivity contribution in [1.82, 2.24) is 5.32 Å². The highest BCUT2D eigenvalue weighted by molar-refractivity contribution is 6.41. The SMILES string of the molecule is NCC(C(=O)O)c1ccc(N2CCNC(=O)C2=O)cc1. The molecule has 1 saturated heterocycles. The molecule has 7 heteroatoms. The average Bonchev–Trinajstić information content (AvgIpc) is 2.43. The maximum atomic E-state index is 11.7. The van der Waals surface area contributed by atoms with Crippen molar-refractivity contribution < 1.29 is 19.5 Å². The molecule has 4 N–H and O–H groups in total. The van der Waals surface area contributed by atoms with E-state index in [4.69, 9.17) is 10.8 Å². The zero-order chi connectivity index (χ0) is 14.7. The lowest BCUT2D eigenvalue weighted by Crippen LogP contribution is -2.52. The zero-order valence-corrected chi connectivity index (χ0v) is 10.7. The number of nitrogens with one attached hydrogen (secondary N) is 1. The lowest BCUT2D eigenvalue weighted by molar-refractivity contribution is -0.138. The number of nitrogens with two attached hydrogens (primary N) is 1. The van der Waals surface area contributed by atoms with Crippen LogP contribution in [0, 0.1) is 0 Å². The summed E-state index contributed by atoms with van der Waals surface area (Å²) in [6, 6.07) is 6.47. The maximum Gasteiger partial charge on any atom is 0.316 e. The minimum absolute atomic E-state index is 0.000267. The fraction of sp³-hybridized carbons (Fsp3) is 0.308. The highest BCUT2D eigenvalue weighted by atomic mass is 16.4. The van der Waals surface area contributed by atoms with Gasteiger partial charge in [-0.3, -0.25) is 14.4 Å². The molecule has 0 aromatic heterocycles. The van der Waals surface area contributed by atoms with E-state index in [2.05, 4.69) is 5.32 Å². The normalized spacial score (nSPS) is 16.8. The molecule has 0 aliphatic carbocycles. The first-order chi connectivity index (χ1) is 9.54. The molecule has 2 rings (SSSR count). The summed E-state index contributed by atoms with van der Waals surface area (Å²) >= 11 is 0. The van der Waals surface area contributed by atoms with E-state index >= 15 is 0 Å². The van der Waals surface area contributed by atoms with Gasteiger partial charge in [0.15, 0.2) is 0 Å². The van der Waals surface area contributed by atoms with E-state index in [0.717, 1.165) is 0 Å². The van der Waals surface area contributed by atoms with E-state index in [1.807, 2.05) is 0 Å². The second-order valence-corrected chi connectivity index (χ2v) is 4.43. The van der Waals surface area contributed by atoms with Gasteiger partial charge in [-0.15, -0.1) is 0 Å². The molecule has 1 aliphatic heterocycles. The second-order valence-electron chi connectivity index (χ2n) is 4.43. The molecule has 1 heterocycles. The number of amides is 2. The number of rotatable bonds is 4. The Morgan fingerprint density at radius 2 is 2.00 bits per heavy atom. The molecule has 7 nitrogen and oxygen atoms in total. The van der Waals surface area contributed by atoms with Crippen LogP contribution in [0.2, 0.25) is 0 Å². The van der Waals surface area contributed by atoms with E-state index in [-0.39, 0.29) is 6.54 Å². The molecule has 1 fully saturated rings. The van der Waals surface area contributed by atoms with Gasteiger partial charge in [-0.1, -0.05) is 12.1 Å². The van der Waals surface area contributed by atoms with Crippen molar-refractivity contribution in [3.63, 3.8) is 0 Å². The van der Waals surface area contributed by atoms with Gasteiger partial charge in [0, 0.05) is 25.3 Å². The topological polar surface area (TPSA) is 113 Å². The summed E-state index contributed by atoms with van der Waals surface area (Å²) in [6.07, 6.45) is 0. The number of nitrogens with zero attached hydrogens (tertiary/aromatic N) is 1. The lowest BCUT2D eigenvalue weighted by atomic mass is 9.99. The Labute approximate surface area is 115 Å². The number of aliphatic carboxylic acids is 1. The Bertz CT molecular complexity index is 541. The Morgan fingerprint density at radius 3 is 2.55 bits per heavy atom. The first kappa shape index (κ1) is 14.0. The molecule has 1 aliphatic rings. The third-order valence-corrected chi connectivity index (χ3v) is 3.20. The van der Waals surface area contributed by atoms with Crippen LogP contribution in [0.5, 0.6) is 0 Å². The molecule has 1 aromatic rings. The van der Waals surface area contributed by atoms with Crippen molar-refractivity contribution >= 4 is 23.5 Å². The number of benzene rings is 1. The standard InChI is InChI=1S/C13H15N3O4/c14-7-10(13(19)20)8-1-3-9(4-2-8)16-6-5-15-11(17)12(16)18/h1-4,10H,5-7,14H2,(H,15,17)(H,19,20). The van der Waals surface area contributed by atoms with E-state index in [1.165, 1.54) is 4.90 Å². The molecular weight excluding hydrogens is 262 g/mol. The molecule has 1 unspecified atom stereocenters. The summed E-state index contributed by atoms with van der Waals surface area (Å²) in [5.41, 5.74) is 6.56. The predicted molar refractivity (Wildman–Crippen MR) is 71.2 cm³/mol. The number of carbonyl (C=O) groups excluding carboxylic acids is 2. The summed E-state index contributed by atoms with van der Waals surface area (Å²) < 4.78 is 0. The fourth-order valence-corrected chi connectivity index (χ4v) is 2.09. The minimum Gasteiger partial charge on any atom is -0.481 e. The third-order valence-electron chi connectivity index (χ3n) is 3.20. The number of piperazine rings is 1. The zero-order valence-electron chi connectivity index (χ0n) is 10.7. The highest BCUT2D eigenvalue weighted by Crippen LogP contribution is 2.21. The number of carboxylic acids is 1. The van der Waals surface area contributed by atoms with Gasteiger partial charge in [0.2, 0.25) is 0 Å². The molecule has 1 aromatic carbocycles. The van der Waals surface area contributed by atoms with Crippen molar-refractivity contribution in [2.75, 3.05) is 24.5 Å². The monoisotopic (exact) mass is 277 g/mol. The van der Waals surface area contributed by atoms with Gasteiger partial charge >= 0.3 is 17.8 Å². The number of carbonyl (C=O) groups is 3. The average molecular weight is 277 g/mol. The molecule has 20 heavy (non-hydrogen) atoms. The molecule has 0 radical (unpaired) electrons. The Hall–Kier alpha value is -2.41. The fourth-order valence-electron chi connectivity index (χ4n) is 2.09. The number of carboxylic acid groups (broad SMARTS) is 1. The first-order valence-corrected chi connectivity index (χ1v) is 6.17. The van der Waals surface area contributed by atoms with Gasteiger partial charge in [0.25, 0.3) is 0 Å². The van der Waals surface area contributed by atoms with Crippen LogP contribution < -0.4 is 16.0 Å². The number of anilines is 1. The van der Waals surface area contributed by atoms with E-state index in [1.54, 1.807) is 24.3 Å². The van der Waals surface area contributed by atoms with Crippen molar-refractivity contribution in [2.24, 2.45) is 5.73 Å². The Kier molecular flexibility index (Phi) is 3.99. The summed E-state index contributed by atoms with van der Waals surface area (Å²) in [6.45, 7) is 0.787. The van der Waals surface area contributed by atoms with Crippen LogP contribution in [0.15, 0.2) is 24.3 Å². The van der Waals surface area contributed by atoms with Crippen LogP contribution in [0.25, 0.3) is 0 Å². The van der Waals surface area contributed by atoms with Gasteiger partial charge in [-0.05, 0) is 17.7 Å². The van der Waals surface area contributed by atoms with E-state index < -0.39 is 23.7 Å². The maximum absolute atomic E-state index is 11.7. The Balaban J connectivity index is 2.21. The van der Waals surface area contributed by atoms with Crippen LogP contribution in [-0.2, 0) is 14.4 Å².